The average Bonchev–Trinajstić information content (AvgIpc) is 2.34. The molecule has 2 heterocycles. The van der Waals surface area contributed by atoms with Gasteiger partial charge in [0.15, 0.2) is 6.17 Å². The van der Waals surface area contributed by atoms with Crippen molar-refractivity contribution in [3.8, 4) is 0 Å². The molecule has 0 saturated carbocycles. The van der Waals surface area contributed by atoms with Gasteiger partial charge in [0.05, 0.1) is 6.20 Å². The molecule has 3 nitrogen and oxygen atoms in total. The average molecular weight is 212 g/mol. The van der Waals surface area contributed by atoms with Crippen molar-refractivity contribution in [1.82, 2.24) is 0 Å². The van der Waals surface area contributed by atoms with Gasteiger partial charge >= 0.3 is 0 Å². The molecular formula is C7H6BrN3. The molecule has 0 aromatic heterocycles. The maximum Gasteiger partial charge on any atom is 0.188 e. The van der Waals surface area contributed by atoms with Crippen molar-refractivity contribution in [2.75, 3.05) is 0 Å². The first kappa shape index (κ1) is 6.91. The van der Waals surface area contributed by atoms with Crippen LogP contribution in [0.4, 0.5) is 0 Å². The van der Waals surface area contributed by atoms with Crippen molar-refractivity contribution >= 4 is 21.6 Å². The molecule has 0 bridgehead atoms. The van der Waals surface area contributed by atoms with E-state index in [1.807, 2.05) is 13.0 Å². The summed E-state index contributed by atoms with van der Waals surface area (Å²) in [5, 5.41) is 7.73. The van der Waals surface area contributed by atoms with Gasteiger partial charge in [-0.05, 0) is 13.0 Å². The zero-order valence-electron chi connectivity index (χ0n) is 5.95. The molecule has 0 aliphatic carbocycles. The smallest absolute Gasteiger partial charge is 0.188 e. The normalized spacial score (nSPS) is 27.5. The first-order chi connectivity index (χ1) is 5.27. The number of hydrogen-bond acceptors (Lipinski definition) is 3. The second-order valence-corrected chi connectivity index (χ2v) is 3.31. The van der Waals surface area contributed by atoms with Gasteiger partial charge in [-0.1, -0.05) is 15.9 Å². The predicted molar refractivity (Wildman–Crippen MR) is 46.8 cm³/mol. The summed E-state index contributed by atoms with van der Waals surface area (Å²) in [7, 11) is 0. The van der Waals surface area contributed by atoms with Gasteiger partial charge in [-0.3, -0.25) is 4.99 Å². The molecule has 2 aliphatic heterocycles. The lowest BCUT2D eigenvalue weighted by atomic mass is 10.1. The molecule has 1 atom stereocenters. The van der Waals surface area contributed by atoms with Gasteiger partial charge in [0.2, 0.25) is 0 Å². The summed E-state index contributed by atoms with van der Waals surface area (Å²) in [6.07, 6.45) is 3.62. The number of azo groups is 1. The number of fused-ring (bicyclic) bond motifs is 1. The minimum atomic E-state index is -0.0885. The summed E-state index contributed by atoms with van der Waals surface area (Å²) >= 11 is 3.43. The Bertz CT molecular complexity index is 312. The highest BCUT2D eigenvalue weighted by Crippen LogP contribution is 2.30. The van der Waals surface area contributed by atoms with Gasteiger partial charge in [0.25, 0.3) is 0 Å². The van der Waals surface area contributed by atoms with Crippen LogP contribution in [0, 0.1) is 0 Å². The van der Waals surface area contributed by atoms with E-state index in [9.17, 15) is 0 Å². The number of dihydropyridines is 1. The third-order valence-corrected chi connectivity index (χ3v) is 2.28. The Morgan fingerprint density at radius 1 is 1.55 bits per heavy atom. The van der Waals surface area contributed by atoms with Crippen LogP contribution in [-0.4, -0.2) is 11.9 Å². The van der Waals surface area contributed by atoms with E-state index >= 15 is 0 Å². The molecule has 0 unspecified atom stereocenters. The van der Waals surface area contributed by atoms with Crippen LogP contribution in [0.1, 0.15) is 6.92 Å². The van der Waals surface area contributed by atoms with Crippen LogP contribution in [0.5, 0.6) is 0 Å². The molecule has 0 aromatic rings. The summed E-state index contributed by atoms with van der Waals surface area (Å²) < 4.78 is 1.04. The number of allylic oxidation sites excluding steroid dienone is 1. The summed E-state index contributed by atoms with van der Waals surface area (Å²) in [6.45, 7) is 1.95. The fourth-order valence-corrected chi connectivity index (χ4v) is 1.70. The van der Waals surface area contributed by atoms with Crippen LogP contribution in [0.25, 0.3) is 0 Å². The Balaban J connectivity index is 2.45. The second-order valence-electron chi connectivity index (χ2n) is 2.45. The van der Waals surface area contributed by atoms with E-state index in [0.717, 1.165) is 15.8 Å². The van der Waals surface area contributed by atoms with Gasteiger partial charge in [-0.15, -0.1) is 0 Å². The monoisotopic (exact) mass is 211 g/mol. The number of rotatable bonds is 0. The van der Waals surface area contributed by atoms with Crippen LogP contribution in [-0.2, 0) is 0 Å². The number of halogens is 1. The highest BCUT2D eigenvalue weighted by Gasteiger charge is 2.22. The number of hydrogen-bond donors (Lipinski definition) is 0. The lowest BCUT2D eigenvalue weighted by molar-refractivity contribution is 0.819. The first-order valence-corrected chi connectivity index (χ1v) is 4.08. The minimum Gasteiger partial charge on any atom is -0.257 e. The van der Waals surface area contributed by atoms with Gasteiger partial charge in [0, 0.05) is 15.8 Å². The summed E-state index contributed by atoms with van der Waals surface area (Å²) in [5.74, 6) is 0. The molecule has 2 rings (SSSR count). The molecule has 0 amide bonds. The highest BCUT2D eigenvalue weighted by atomic mass is 79.9. The van der Waals surface area contributed by atoms with Gasteiger partial charge in [-0.25, -0.2) is 0 Å². The molecule has 0 aromatic carbocycles. The van der Waals surface area contributed by atoms with Crippen LogP contribution < -0.4 is 0 Å². The molecule has 0 fully saturated rings. The van der Waals surface area contributed by atoms with Gasteiger partial charge in [-0.2, -0.15) is 10.2 Å². The van der Waals surface area contributed by atoms with Crippen molar-refractivity contribution in [3.05, 3.63) is 22.3 Å². The van der Waals surface area contributed by atoms with E-state index < -0.39 is 0 Å². The maximum absolute atomic E-state index is 4.28. The molecule has 0 spiro atoms. The molecular weight excluding hydrogens is 206 g/mol. The molecule has 56 valence electrons. The van der Waals surface area contributed by atoms with E-state index in [4.69, 9.17) is 0 Å². The molecule has 2 aliphatic rings. The fraction of sp³-hybridized carbons (Fsp3) is 0.286. The fourth-order valence-electron chi connectivity index (χ4n) is 1.06. The Kier molecular flexibility index (Phi) is 1.49. The van der Waals surface area contributed by atoms with E-state index in [2.05, 4.69) is 31.2 Å². The van der Waals surface area contributed by atoms with Crippen LogP contribution in [0.3, 0.4) is 0 Å². The SMILES string of the molecule is CC1=N[C@H]2N=NC=C2C(Br)=C1. The van der Waals surface area contributed by atoms with E-state index in [0.29, 0.717) is 0 Å². The van der Waals surface area contributed by atoms with E-state index in [-0.39, 0.29) is 6.17 Å². The molecule has 0 saturated heterocycles. The Hall–Kier alpha value is -0.770. The molecule has 11 heavy (non-hydrogen) atoms. The maximum atomic E-state index is 4.28. The highest BCUT2D eigenvalue weighted by molar-refractivity contribution is 9.12. The molecule has 4 heteroatoms. The van der Waals surface area contributed by atoms with Crippen LogP contribution in [0.15, 0.2) is 37.6 Å². The zero-order valence-corrected chi connectivity index (χ0v) is 7.54. The number of nitrogens with zero attached hydrogens (tertiary/aromatic N) is 3. The topological polar surface area (TPSA) is 37.1 Å². The third kappa shape index (κ3) is 1.07. The van der Waals surface area contributed by atoms with Crippen molar-refractivity contribution < 1.29 is 0 Å². The lowest BCUT2D eigenvalue weighted by Crippen LogP contribution is -2.09. The summed E-state index contributed by atoms with van der Waals surface area (Å²) in [6, 6.07) is 0. The molecule has 0 radical (unpaired) electrons. The van der Waals surface area contributed by atoms with Crippen molar-refractivity contribution in [2.24, 2.45) is 15.2 Å². The summed E-state index contributed by atoms with van der Waals surface area (Å²) in [5.41, 5.74) is 2.04. The molecule has 0 N–H and O–H groups in total. The van der Waals surface area contributed by atoms with Crippen LogP contribution in [0.2, 0.25) is 0 Å². The second kappa shape index (κ2) is 2.37. The van der Waals surface area contributed by atoms with E-state index in [1.54, 1.807) is 6.20 Å². The first-order valence-electron chi connectivity index (χ1n) is 3.29. The van der Waals surface area contributed by atoms with Crippen molar-refractivity contribution in [1.29, 1.82) is 0 Å². The number of aliphatic imine (C=N–C) groups is 1. The van der Waals surface area contributed by atoms with Crippen molar-refractivity contribution in [2.45, 2.75) is 13.1 Å². The van der Waals surface area contributed by atoms with Crippen LogP contribution >= 0.6 is 15.9 Å². The lowest BCUT2D eigenvalue weighted by Gasteiger charge is -2.11. The Morgan fingerprint density at radius 2 is 2.36 bits per heavy atom. The van der Waals surface area contributed by atoms with Crippen molar-refractivity contribution in [3.63, 3.8) is 0 Å². The van der Waals surface area contributed by atoms with E-state index in [1.165, 1.54) is 0 Å². The Morgan fingerprint density at radius 3 is 3.18 bits per heavy atom. The minimum absolute atomic E-state index is 0.0885. The standard InChI is InChI=1S/C7H6BrN3/c1-4-2-6(8)5-3-9-11-7(5)10-4/h2-3,7H,1H3/t7-/m0/s1. The zero-order chi connectivity index (χ0) is 7.84. The Labute approximate surface area is 72.7 Å². The summed E-state index contributed by atoms with van der Waals surface area (Å²) in [4.78, 5) is 4.28. The van der Waals surface area contributed by atoms with Gasteiger partial charge < -0.3 is 0 Å². The van der Waals surface area contributed by atoms with Gasteiger partial charge in [0.1, 0.15) is 0 Å². The predicted octanol–water partition coefficient (Wildman–Crippen LogP) is 2.42. The largest absolute Gasteiger partial charge is 0.257 e. The quantitative estimate of drug-likeness (QED) is 0.591. The third-order valence-electron chi connectivity index (χ3n) is 1.59.